The Labute approximate surface area is 127 Å². The van der Waals surface area contributed by atoms with Crippen LogP contribution in [0.3, 0.4) is 0 Å². The number of hydrogen-bond donors (Lipinski definition) is 1. The van der Waals surface area contributed by atoms with E-state index in [4.69, 9.17) is 11.6 Å². The SMILES string of the molecule is CN(CC1(O)CCCC1)C(=O)c1cc([N+](=O)[O-])ccc1Cl. The Kier molecular flexibility index (Phi) is 4.49. The Morgan fingerprint density at radius 1 is 1.48 bits per heavy atom. The largest absolute Gasteiger partial charge is 0.388 e. The lowest BCUT2D eigenvalue weighted by Gasteiger charge is -2.28. The van der Waals surface area contributed by atoms with Crippen LogP contribution in [0.2, 0.25) is 5.02 Å². The molecule has 0 radical (unpaired) electrons. The van der Waals surface area contributed by atoms with Crippen molar-refractivity contribution in [3.63, 3.8) is 0 Å². The first-order valence-electron chi connectivity index (χ1n) is 6.74. The number of nitro benzene ring substituents is 1. The van der Waals surface area contributed by atoms with Gasteiger partial charge >= 0.3 is 0 Å². The van der Waals surface area contributed by atoms with E-state index in [1.807, 2.05) is 0 Å². The molecule has 6 nitrogen and oxygen atoms in total. The molecule has 0 atom stereocenters. The van der Waals surface area contributed by atoms with Crippen LogP contribution in [0.25, 0.3) is 0 Å². The fraction of sp³-hybridized carbons (Fsp3) is 0.500. The number of hydrogen-bond acceptors (Lipinski definition) is 4. The van der Waals surface area contributed by atoms with E-state index in [0.717, 1.165) is 12.8 Å². The lowest BCUT2D eigenvalue weighted by atomic mass is 10.0. The molecule has 1 N–H and O–H groups in total. The first kappa shape index (κ1) is 15.7. The summed E-state index contributed by atoms with van der Waals surface area (Å²) in [5.41, 5.74) is -0.969. The number of halogens is 1. The van der Waals surface area contributed by atoms with Crippen LogP contribution in [-0.4, -0.2) is 40.0 Å². The molecule has 0 unspecified atom stereocenters. The number of nitrogens with zero attached hydrogens (tertiary/aromatic N) is 2. The third kappa shape index (κ3) is 3.51. The van der Waals surface area contributed by atoms with Crippen LogP contribution in [0.4, 0.5) is 5.69 Å². The molecule has 1 amide bonds. The van der Waals surface area contributed by atoms with Crippen molar-refractivity contribution in [1.82, 2.24) is 4.90 Å². The van der Waals surface area contributed by atoms with E-state index >= 15 is 0 Å². The second-order valence-corrected chi connectivity index (χ2v) is 5.92. The number of amides is 1. The summed E-state index contributed by atoms with van der Waals surface area (Å²) in [6, 6.07) is 3.76. The van der Waals surface area contributed by atoms with E-state index < -0.39 is 16.4 Å². The molecule has 1 fully saturated rings. The maximum absolute atomic E-state index is 12.4. The zero-order valence-corrected chi connectivity index (χ0v) is 12.5. The van der Waals surface area contributed by atoms with Crippen LogP contribution >= 0.6 is 11.6 Å². The van der Waals surface area contributed by atoms with Gasteiger partial charge in [0, 0.05) is 25.7 Å². The van der Waals surface area contributed by atoms with Gasteiger partial charge in [0.05, 0.1) is 21.1 Å². The third-order valence-corrected chi connectivity index (χ3v) is 4.13. The molecule has 7 heteroatoms. The van der Waals surface area contributed by atoms with E-state index in [2.05, 4.69) is 0 Å². The molecule has 1 aromatic carbocycles. The van der Waals surface area contributed by atoms with Gasteiger partial charge in [-0.2, -0.15) is 0 Å². The Hall–Kier alpha value is -1.66. The maximum Gasteiger partial charge on any atom is 0.270 e. The predicted molar refractivity (Wildman–Crippen MR) is 78.5 cm³/mol. The molecule has 0 aliphatic heterocycles. The average molecular weight is 313 g/mol. The minimum Gasteiger partial charge on any atom is -0.388 e. The van der Waals surface area contributed by atoms with Gasteiger partial charge in [0.25, 0.3) is 11.6 Å². The van der Waals surface area contributed by atoms with Crippen molar-refractivity contribution in [2.75, 3.05) is 13.6 Å². The smallest absolute Gasteiger partial charge is 0.270 e. The highest BCUT2D eigenvalue weighted by molar-refractivity contribution is 6.33. The number of likely N-dealkylation sites (N-methyl/N-ethyl adjacent to an activating group) is 1. The van der Waals surface area contributed by atoms with Gasteiger partial charge < -0.3 is 10.0 Å². The molecular formula is C14H17ClN2O4. The standard InChI is InChI=1S/C14H17ClN2O4/c1-16(9-14(19)6-2-3-7-14)13(18)11-8-10(17(20)21)4-5-12(11)15/h4-5,8,19H,2-3,6-7,9H2,1H3. The van der Waals surface area contributed by atoms with Gasteiger partial charge in [-0.15, -0.1) is 0 Å². The van der Waals surface area contributed by atoms with Crippen LogP contribution in [0, 0.1) is 10.1 Å². The highest BCUT2D eigenvalue weighted by Crippen LogP contribution is 2.31. The van der Waals surface area contributed by atoms with Gasteiger partial charge in [0.15, 0.2) is 0 Å². The minimum atomic E-state index is -0.863. The van der Waals surface area contributed by atoms with Crippen molar-refractivity contribution >= 4 is 23.2 Å². The number of aliphatic hydroxyl groups is 1. The van der Waals surface area contributed by atoms with E-state index in [-0.39, 0.29) is 22.8 Å². The van der Waals surface area contributed by atoms with Gasteiger partial charge in [-0.05, 0) is 18.9 Å². The molecular weight excluding hydrogens is 296 g/mol. The van der Waals surface area contributed by atoms with Crippen LogP contribution in [-0.2, 0) is 0 Å². The van der Waals surface area contributed by atoms with Gasteiger partial charge in [0.1, 0.15) is 0 Å². The number of carbonyl (C=O) groups is 1. The van der Waals surface area contributed by atoms with E-state index in [0.29, 0.717) is 12.8 Å². The number of nitro groups is 1. The highest BCUT2D eigenvalue weighted by atomic mass is 35.5. The summed E-state index contributed by atoms with van der Waals surface area (Å²) in [6.07, 6.45) is 3.20. The normalized spacial score (nSPS) is 16.7. The summed E-state index contributed by atoms with van der Waals surface area (Å²) in [5.74, 6) is -0.427. The molecule has 1 saturated carbocycles. The molecule has 0 spiro atoms. The maximum atomic E-state index is 12.4. The number of benzene rings is 1. The topological polar surface area (TPSA) is 83.7 Å². The van der Waals surface area contributed by atoms with Gasteiger partial charge in [-0.1, -0.05) is 24.4 Å². The number of carbonyl (C=O) groups excluding carboxylic acids is 1. The Morgan fingerprint density at radius 2 is 2.10 bits per heavy atom. The van der Waals surface area contributed by atoms with Crippen molar-refractivity contribution in [3.8, 4) is 0 Å². The molecule has 0 bridgehead atoms. The third-order valence-electron chi connectivity index (χ3n) is 3.80. The fourth-order valence-corrected chi connectivity index (χ4v) is 2.90. The van der Waals surface area contributed by atoms with Crippen LogP contribution in [0.5, 0.6) is 0 Å². The summed E-state index contributed by atoms with van der Waals surface area (Å²) in [4.78, 5) is 24.0. The fourth-order valence-electron chi connectivity index (χ4n) is 2.70. The molecule has 21 heavy (non-hydrogen) atoms. The van der Waals surface area contributed by atoms with Crippen molar-refractivity contribution in [2.45, 2.75) is 31.3 Å². The van der Waals surface area contributed by atoms with Crippen molar-refractivity contribution in [2.24, 2.45) is 0 Å². The lowest BCUT2D eigenvalue weighted by Crippen LogP contribution is -2.42. The summed E-state index contributed by atoms with van der Waals surface area (Å²) in [5, 5.41) is 21.3. The number of non-ortho nitro benzene ring substituents is 1. The molecule has 1 aliphatic carbocycles. The van der Waals surface area contributed by atoms with Crippen LogP contribution < -0.4 is 0 Å². The van der Waals surface area contributed by atoms with E-state index in [9.17, 15) is 20.0 Å². The second-order valence-electron chi connectivity index (χ2n) is 5.51. The predicted octanol–water partition coefficient (Wildman–Crippen LogP) is 2.63. The molecule has 114 valence electrons. The van der Waals surface area contributed by atoms with Gasteiger partial charge in [-0.25, -0.2) is 0 Å². The minimum absolute atomic E-state index is 0.0787. The summed E-state index contributed by atoms with van der Waals surface area (Å²) >= 11 is 5.96. The first-order valence-corrected chi connectivity index (χ1v) is 7.12. The van der Waals surface area contributed by atoms with Gasteiger partial charge in [0.2, 0.25) is 0 Å². The average Bonchev–Trinajstić information content (AvgIpc) is 2.84. The Bertz CT molecular complexity index is 570. The molecule has 0 aromatic heterocycles. The monoisotopic (exact) mass is 312 g/mol. The molecule has 1 aliphatic rings. The zero-order valence-electron chi connectivity index (χ0n) is 11.7. The molecule has 2 rings (SSSR count). The first-order chi connectivity index (χ1) is 9.82. The van der Waals surface area contributed by atoms with Gasteiger partial charge in [-0.3, -0.25) is 14.9 Å². The summed E-state index contributed by atoms with van der Waals surface area (Å²) in [7, 11) is 1.56. The van der Waals surface area contributed by atoms with Crippen molar-refractivity contribution < 1.29 is 14.8 Å². The Balaban J connectivity index is 2.18. The lowest BCUT2D eigenvalue weighted by molar-refractivity contribution is -0.384. The highest BCUT2D eigenvalue weighted by Gasteiger charge is 2.34. The summed E-state index contributed by atoms with van der Waals surface area (Å²) < 4.78 is 0. The molecule has 0 saturated heterocycles. The van der Waals surface area contributed by atoms with E-state index in [1.54, 1.807) is 7.05 Å². The van der Waals surface area contributed by atoms with E-state index in [1.165, 1.54) is 23.1 Å². The molecule has 0 heterocycles. The zero-order chi connectivity index (χ0) is 15.6. The van der Waals surface area contributed by atoms with Crippen molar-refractivity contribution in [1.29, 1.82) is 0 Å². The van der Waals surface area contributed by atoms with Crippen LogP contribution in [0.15, 0.2) is 18.2 Å². The quantitative estimate of drug-likeness (QED) is 0.684. The number of rotatable bonds is 4. The summed E-state index contributed by atoms with van der Waals surface area (Å²) in [6.45, 7) is 0.199. The van der Waals surface area contributed by atoms with Crippen molar-refractivity contribution in [3.05, 3.63) is 38.9 Å². The second kappa shape index (κ2) is 5.99. The molecule has 1 aromatic rings. The van der Waals surface area contributed by atoms with Crippen LogP contribution in [0.1, 0.15) is 36.0 Å². The Morgan fingerprint density at radius 3 is 2.67 bits per heavy atom.